The van der Waals surface area contributed by atoms with Gasteiger partial charge in [-0.25, -0.2) is 8.78 Å². The minimum Gasteiger partial charge on any atom is -0.340 e. The lowest BCUT2D eigenvalue weighted by Gasteiger charge is -2.41. The van der Waals surface area contributed by atoms with Gasteiger partial charge >= 0.3 is 0 Å². The molecule has 0 radical (unpaired) electrons. The summed E-state index contributed by atoms with van der Waals surface area (Å²) in [6.07, 6.45) is 0. The van der Waals surface area contributed by atoms with Gasteiger partial charge in [0.25, 0.3) is 5.91 Å². The monoisotopic (exact) mass is 491 g/mol. The van der Waals surface area contributed by atoms with Crippen molar-refractivity contribution in [3.63, 3.8) is 0 Å². The van der Waals surface area contributed by atoms with E-state index < -0.39 is 29.1 Å². The molecule has 3 aromatic carbocycles. The van der Waals surface area contributed by atoms with E-state index in [-0.39, 0.29) is 17.9 Å². The van der Waals surface area contributed by atoms with Crippen molar-refractivity contribution in [2.24, 2.45) is 5.92 Å². The molecule has 0 aliphatic carbocycles. The second kappa shape index (κ2) is 11.4. The molecule has 1 saturated heterocycles. The Morgan fingerprint density at radius 2 is 1.25 bits per heavy atom. The summed E-state index contributed by atoms with van der Waals surface area (Å²) in [5.41, 5.74) is 1.69. The van der Waals surface area contributed by atoms with Gasteiger partial charge < -0.3 is 10.2 Å². The second-order valence-electron chi connectivity index (χ2n) is 9.38. The first-order valence-electron chi connectivity index (χ1n) is 12.2. The van der Waals surface area contributed by atoms with Crippen molar-refractivity contribution in [1.29, 1.82) is 0 Å². The molecule has 0 saturated carbocycles. The molecule has 7 heteroatoms. The minimum absolute atomic E-state index is 0.0641. The molecular formula is C29H31F2N3O2. The van der Waals surface area contributed by atoms with Crippen molar-refractivity contribution in [2.75, 3.05) is 26.2 Å². The maximum absolute atomic E-state index is 14.1. The molecule has 1 atom stereocenters. The largest absolute Gasteiger partial charge is 0.340 e. The number of hydrogen-bond acceptors (Lipinski definition) is 3. The highest BCUT2D eigenvalue weighted by atomic mass is 19.1. The molecule has 0 aromatic heterocycles. The molecule has 36 heavy (non-hydrogen) atoms. The molecule has 1 unspecified atom stereocenters. The summed E-state index contributed by atoms with van der Waals surface area (Å²) in [4.78, 5) is 30.2. The zero-order chi connectivity index (χ0) is 25.7. The fourth-order valence-corrected chi connectivity index (χ4v) is 4.72. The Bertz CT molecular complexity index is 1120. The van der Waals surface area contributed by atoms with Crippen LogP contribution in [-0.2, 0) is 4.79 Å². The first-order valence-corrected chi connectivity index (χ1v) is 12.2. The third kappa shape index (κ3) is 5.62. The first-order chi connectivity index (χ1) is 17.4. The van der Waals surface area contributed by atoms with Crippen molar-refractivity contribution < 1.29 is 18.4 Å². The fourth-order valence-electron chi connectivity index (χ4n) is 4.72. The lowest BCUT2D eigenvalue weighted by Crippen LogP contribution is -2.56. The second-order valence-corrected chi connectivity index (χ2v) is 9.38. The van der Waals surface area contributed by atoms with Gasteiger partial charge in [-0.3, -0.25) is 14.5 Å². The molecule has 1 fully saturated rings. The molecule has 188 valence electrons. The Labute approximate surface area is 210 Å². The summed E-state index contributed by atoms with van der Waals surface area (Å²) in [7, 11) is 0. The Morgan fingerprint density at radius 1 is 0.750 bits per heavy atom. The Morgan fingerprint density at radius 3 is 1.72 bits per heavy atom. The quantitative estimate of drug-likeness (QED) is 0.523. The van der Waals surface area contributed by atoms with Gasteiger partial charge in [0.1, 0.15) is 23.2 Å². The average molecular weight is 492 g/mol. The zero-order valence-corrected chi connectivity index (χ0v) is 20.5. The third-order valence-electron chi connectivity index (χ3n) is 6.63. The summed E-state index contributed by atoms with van der Waals surface area (Å²) in [5.74, 6) is -3.33. The molecule has 5 nitrogen and oxygen atoms in total. The van der Waals surface area contributed by atoms with Crippen molar-refractivity contribution in [3.8, 4) is 0 Å². The summed E-state index contributed by atoms with van der Waals surface area (Å²) >= 11 is 0. The van der Waals surface area contributed by atoms with E-state index in [1.54, 1.807) is 18.7 Å². The van der Waals surface area contributed by atoms with Gasteiger partial charge in [0.15, 0.2) is 0 Å². The summed E-state index contributed by atoms with van der Waals surface area (Å²) in [6, 6.07) is 23.0. The predicted molar refractivity (Wildman–Crippen MR) is 135 cm³/mol. The zero-order valence-electron chi connectivity index (χ0n) is 20.5. The molecule has 1 aliphatic rings. The van der Waals surface area contributed by atoms with Gasteiger partial charge in [0, 0.05) is 26.2 Å². The van der Waals surface area contributed by atoms with Crippen LogP contribution in [0.25, 0.3) is 0 Å². The van der Waals surface area contributed by atoms with Crippen LogP contribution in [0.1, 0.15) is 41.4 Å². The van der Waals surface area contributed by atoms with Crippen molar-refractivity contribution in [3.05, 3.63) is 107 Å². The Kier molecular flexibility index (Phi) is 8.10. The lowest BCUT2D eigenvalue weighted by atomic mass is 9.96. The normalized spacial score (nSPS) is 15.2. The molecular weight excluding hydrogens is 460 g/mol. The van der Waals surface area contributed by atoms with Crippen LogP contribution >= 0.6 is 0 Å². The van der Waals surface area contributed by atoms with Crippen LogP contribution in [0.5, 0.6) is 0 Å². The highest BCUT2D eigenvalue weighted by Crippen LogP contribution is 2.29. The van der Waals surface area contributed by atoms with Gasteiger partial charge in [-0.1, -0.05) is 80.6 Å². The number of nitrogens with zero attached hydrogens (tertiary/aromatic N) is 2. The molecule has 1 N–H and O–H groups in total. The van der Waals surface area contributed by atoms with E-state index >= 15 is 0 Å². The van der Waals surface area contributed by atoms with Gasteiger partial charge in [-0.15, -0.1) is 0 Å². The van der Waals surface area contributed by atoms with Crippen LogP contribution in [-0.4, -0.2) is 53.8 Å². The van der Waals surface area contributed by atoms with E-state index in [1.165, 1.54) is 17.2 Å². The van der Waals surface area contributed by atoms with Gasteiger partial charge in [0.05, 0.1) is 6.04 Å². The number of carbonyl (C=O) groups excluding carboxylic acids is 2. The van der Waals surface area contributed by atoms with Crippen LogP contribution < -0.4 is 5.32 Å². The van der Waals surface area contributed by atoms with Crippen LogP contribution in [0.2, 0.25) is 0 Å². The van der Waals surface area contributed by atoms with E-state index in [2.05, 4.69) is 34.5 Å². The summed E-state index contributed by atoms with van der Waals surface area (Å²) in [5, 5.41) is 2.57. The number of rotatable bonds is 7. The highest BCUT2D eigenvalue weighted by molar-refractivity contribution is 5.98. The smallest absolute Gasteiger partial charge is 0.257 e. The molecule has 4 rings (SSSR count). The van der Waals surface area contributed by atoms with Crippen LogP contribution in [0.3, 0.4) is 0 Å². The Hall–Kier alpha value is -3.58. The molecule has 2 amide bonds. The summed E-state index contributed by atoms with van der Waals surface area (Å²) < 4.78 is 28.2. The minimum atomic E-state index is -0.955. The standard InChI is InChI=1S/C29H31F2N3O2/c1-20(2)26(32-28(35)25-23(30)14-9-15-24(25)31)29(36)34-18-16-33(17-19-34)27(21-10-5-3-6-11-21)22-12-7-4-8-13-22/h3-15,20,26-27H,16-19H2,1-2H3,(H,32,35). The van der Waals surface area contributed by atoms with Crippen LogP contribution in [0.4, 0.5) is 8.78 Å². The topological polar surface area (TPSA) is 52.7 Å². The maximum Gasteiger partial charge on any atom is 0.257 e. The fraction of sp³-hybridized carbons (Fsp3) is 0.310. The number of hydrogen-bond donors (Lipinski definition) is 1. The van der Waals surface area contributed by atoms with E-state index in [0.717, 1.165) is 12.1 Å². The number of nitrogens with one attached hydrogen (secondary N) is 1. The van der Waals surface area contributed by atoms with E-state index in [0.29, 0.717) is 26.2 Å². The summed E-state index contributed by atoms with van der Waals surface area (Å²) in [6.45, 7) is 5.89. The maximum atomic E-state index is 14.1. The highest BCUT2D eigenvalue weighted by Gasteiger charge is 2.34. The number of carbonyl (C=O) groups is 2. The molecule has 3 aromatic rings. The van der Waals surface area contributed by atoms with Crippen molar-refractivity contribution in [2.45, 2.75) is 25.9 Å². The van der Waals surface area contributed by atoms with Crippen LogP contribution in [0, 0.1) is 17.6 Å². The van der Waals surface area contributed by atoms with E-state index in [4.69, 9.17) is 0 Å². The van der Waals surface area contributed by atoms with Gasteiger partial charge in [-0.05, 0) is 29.2 Å². The van der Waals surface area contributed by atoms with Crippen LogP contribution in [0.15, 0.2) is 78.9 Å². The van der Waals surface area contributed by atoms with Gasteiger partial charge in [-0.2, -0.15) is 0 Å². The molecule has 0 bridgehead atoms. The lowest BCUT2D eigenvalue weighted by molar-refractivity contribution is -0.136. The number of piperazine rings is 1. The number of halogens is 2. The van der Waals surface area contributed by atoms with Gasteiger partial charge in [0.2, 0.25) is 5.91 Å². The molecule has 1 aliphatic heterocycles. The molecule has 0 spiro atoms. The number of benzene rings is 3. The predicted octanol–water partition coefficient (Wildman–Crippen LogP) is 4.65. The van der Waals surface area contributed by atoms with E-state index in [1.807, 2.05) is 36.4 Å². The van der Waals surface area contributed by atoms with Crippen molar-refractivity contribution >= 4 is 11.8 Å². The number of amides is 2. The third-order valence-corrected chi connectivity index (χ3v) is 6.63. The average Bonchev–Trinajstić information content (AvgIpc) is 2.88. The first kappa shape index (κ1) is 25.5. The molecule has 1 heterocycles. The SMILES string of the molecule is CC(C)C(NC(=O)c1c(F)cccc1F)C(=O)N1CCN(C(c2ccccc2)c2ccccc2)CC1. The van der Waals surface area contributed by atoms with E-state index in [9.17, 15) is 18.4 Å². The van der Waals surface area contributed by atoms with Crippen molar-refractivity contribution in [1.82, 2.24) is 15.1 Å². The Balaban J connectivity index is 1.47.